The van der Waals surface area contributed by atoms with Crippen LogP contribution in [0.15, 0.2) is 22.8 Å². The molecule has 19 heavy (non-hydrogen) atoms. The highest BCUT2D eigenvalue weighted by Gasteiger charge is 2.18. The first-order chi connectivity index (χ1) is 9.18. The lowest BCUT2D eigenvalue weighted by Crippen LogP contribution is -2.33. The summed E-state index contributed by atoms with van der Waals surface area (Å²) in [5.74, 6) is -0.153. The molecule has 5 nitrogen and oxygen atoms in total. The minimum absolute atomic E-state index is 0.109. The maximum atomic E-state index is 11.8. The zero-order chi connectivity index (χ0) is 13.7. The van der Waals surface area contributed by atoms with Crippen LogP contribution in [-0.2, 0) is 4.79 Å². The van der Waals surface area contributed by atoms with Crippen molar-refractivity contribution in [2.24, 2.45) is 0 Å². The number of nitrogens with one attached hydrogen (secondary N) is 1. The van der Waals surface area contributed by atoms with Crippen LogP contribution in [0.2, 0.25) is 0 Å². The van der Waals surface area contributed by atoms with E-state index in [0.717, 1.165) is 25.9 Å². The normalized spacial score (nSPS) is 14.5. The summed E-state index contributed by atoms with van der Waals surface area (Å²) in [5.41, 5.74) is 0.344. The van der Waals surface area contributed by atoms with E-state index in [9.17, 15) is 9.59 Å². The zero-order valence-electron chi connectivity index (χ0n) is 10.6. The van der Waals surface area contributed by atoms with Crippen LogP contribution in [0, 0.1) is 0 Å². The van der Waals surface area contributed by atoms with E-state index in [2.05, 4.69) is 26.2 Å². The molecule has 2 rings (SSSR count). The van der Waals surface area contributed by atoms with Gasteiger partial charge in [-0.15, -0.1) is 0 Å². The molecule has 0 saturated carbocycles. The van der Waals surface area contributed by atoms with Crippen molar-refractivity contribution in [1.29, 1.82) is 0 Å². The molecule has 1 N–H and O–H groups in total. The molecule has 6 heteroatoms. The van der Waals surface area contributed by atoms with E-state index in [1.807, 2.05) is 4.90 Å². The number of pyridine rings is 1. The first kappa shape index (κ1) is 14.0. The van der Waals surface area contributed by atoms with E-state index in [4.69, 9.17) is 0 Å². The molecule has 0 atom stereocenters. The highest BCUT2D eigenvalue weighted by molar-refractivity contribution is 9.10. The maximum absolute atomic E-state index is 11.8. The molecule has 1 saturated heterocycles. The third-order valence-electron chi connectivity index (χ3n) is 3.06. The van der Waals surface area contributed by atoms with Crippen molar-refractivity contribution in [2.75, 3.05) is 19.6 Å². The van der Waals surface area contributed by atoms with Crippen LogP contribution in [0.1, 0.15) is 29.8 Å². The van der Waals surface area contributed by atoms with Crippen LogP contribution >= 0.6 is 15.9 Å². The highest BCUT2D eigenvalue weighted by atomic mass is 79.9. The third kappa shape index (κ3) is 3.76. The second kappa shape index (κ2) is 6.65. The predicted molar refractivity (Wildman–Crippen MR) is 74.7 cm³/mol. The summed E-state index contributed by atoms with van der Waals surface area (Å²) < 4.78 is 0.651. The van der Waals surface area contributed by atoms with Gasteiger partial charge in [-0.3, -0.25) is 9.59 Å². The fraction of sp³-hybridized carbons (Fsp3) is 0.462. The van der Waals surface area contributed by atoms with Gasteiger partial charge in [-0.25, -0.2) is 4.98 Å². The van der Waals surface area contributed by atoms with Gasteiger partial charge in [0.05, 0.1) is 0 Å². The molecule has 1 aromatic heterocycles. The van der Waals surface area contributed by atoms with Gasteiger partial charge in [0.25, 0.3) is 5.91 Å². The van der Waals surface area contributed by atoms with Gasteiger partial charge >= 0.3 is 0 Å². The van der Waals surface area contributed by atoms with Crippen molar-refractivity contribution in [3.05, 3.63) is 28.5 Å². The molecule has 0 radical (unpaired) electrons. The summed E-state index contributed by atoms with van der Waals surface area (Å²) >= 11 is 3.27. The monoisotopic (exact) mass is 325 g/mol. The molecule has 0 spiro atoms. The molecule has 1 aromatic rings. The SMILES string of the molecule is O=C(NCCC(=O)N1CCCC1)c1ncccc1Br. The molecular formula is C13H16BrN3O2. The van der Waals surface area contributed by atoms with E-state index in [1.54, 1.807) is 18.3 Å². The van der Waals surface area contributed by atoms with E-state index in [0.29, 0.717) is 23.1 Å². The number of amides is 2. The van der Waals surface area contributed by atoms with Gasteiger partial charge in [0.2, 0.25) is 5.91 Å². The summed E-state index contributed by atoms with van der Waals surface area (Å²) in [4.78, 5) is 29.5. The summed E-state index contributed by atoms with van der Waals surface area (Å²) in [6.07, 6.45) is 4.07. The zero-order valence-corrected chi connectivity index (χ0v) is 12.1. The Hall–Kier alpha value is -1.43. The van der Waals surface area contributed by atoms with Gasteiger partial charge in [-0.05, 0) is 40.9 Å². The largest absolute Gasteiger partial charge is 0.350 e. The fourth-order valence-electron chi connectivity index (χ4n) is 2.04. The first-order valence-electron chi connectivity index (χ1n) is 6.35. The molecule has 0 aliphatic carbocycles. The molecule has 1 aliphatic heterocycles. The standard InChI is InChI=1S/C13H16BrN3O2/c14-10-4-3-6-15-12(10)13(19)16-7-5-11(18)17-8-1-2-9-17/h3-4,6H,1-2,5,7-9H2,(H,16,19). The van der Waals surface area contributed by atoms with Crippen molar-refractivity contribution in [2.45, 2.75) is 19.3 Å². The lowest BCUT2D eigenvalue weighted by Gasteiger charge is -2.15. The van der Waals surface area contributed by atoms with Gasteiger partial charge in [-0.1, -0.05) is 0 Å². The summed E-state index contributed by atoms with van der Waals surface area (Å²) in [6, 6.07) is 3.51. The van der Waals surface area contributed by atoms with Crippen molar-refractivity contribution in [1.82, 2.24) is 15.2 Å². The average molecular weight is 326 g/mol. The second-order valence-electron chi connectivity index (χ2n) is 4.43. The number of carbonyl (C=O) groups excluding carboxylic acids is 2. The maximum Gasteiger partial charge on any atom is 0.271 e. The molecule has 0 unspecified atom stereocenters. The molecule has 1 aliphatic rings. The lowest BCUT2D eigenvalue weighted by atomic mass is 10.3. The van der Waals surface area contributed by atoms with Crippen LogP contribution in [0.5, 0.6) is 0 Å². The molecule has 1 fully saturated rings. The Morgan fingerprint density at radius 3 is 2.79 bits per heavy atom. The van der Waals surface area contributed by atoms with E-state index < -0.39 is 0 Å². The summed E-state index contributed by atoms with van der Waals surface area (Å²) in [7, 11) is 0. The predicted octanol–water partition coefficient (Wildman–Crippen LogP) is 1.59. The highest BCUT2D eigenvalue weighted by Crippen LogP contribution is 2.13. The Bertz CT molecular complexity index is 473. The molecule has 0 bridgehead atoms. The van der Waals surface area contributed by atoms with Gasteiger partial charge in [0.1, 0.15) is 5.69 Å². The Kier molecular flexibility index (Phi) is 4.90. The van der Waals surface area contributed by atoms with Crippen LogP contribution in [-0.4, -0.2) is 41.3 Å². The molecule has 102 valence electrons. The number of hydrogen-bond donors (Lipinski definition) is 1. The lowest BCUT2D eigenvalue weighted by molar-refractivity contribution is -0.129. The number of aromatic nitrogens is 1. The average Bonchev–Trinajstić information content (AvgIpc) is 2.93. The Labute approximate surface area is 120 Å². The Morgan fingerprint density at radius 1 is 1.37 bits per heavy atom. The van der Waals surface area contributed by atoms with Gasteiger partial charge in [-0.2, -0.15) is 0 Å². The molecule has 0 aromatic carbocycles. The van der Waals surface area contributed by atoms with Crippen molar-refractivity contribution in [3.63, 3.8) is 0 Å². The fourth-order valence-corrected chi connectivity index (χ4v) is 2.48. The van der Waals surface area contributed by atoms with E-state index in [1.165, 1.54) is 0 Å². The minimum Gasteiger partial charge on any atom is -0.350 e. The number of likely N-dealkylation sites (tertiary alicyclic amines) is 1. The van der Waals surface area contributed by atoms with Gasteiger partial charge < -0.3 is 10.2 Å². The number of hydrogen-bond acceptors (Lipinski definition) is 3. The topological polar surface area (TPSA) is 62.3 Å². The quantitative estimate of drug-likeness (QED) is 0.914. The van der Waals surface area contributed by atoms with E-state index >= 15 is 0 Å². The number of rotatable bonds is 4. The van der Waals surface area contributed by atoms with Crippen LogP contribution in [0.25, 0.3) is 0 Å². The molecular weight excluding hydrogens is 310 g/mol. The van der Waals surface area contributed by atoms with E-state index in [-0.39, 0.29) is 11.8 Å². The van der Waals surface area contributed by atoms with Crippen LogP contribution < -0.4 is 5.32 Å². The van der Waals surface area contributed by atoms with Crippen molar-refractivity contribution < 1.29 is 9.59 Å². The van der Waals surface area contributed by atoms with Crippen molar-refractivity contribution >= 4 is 27.7 Å². The molecule has 2 amide bonds. The second-order valence-corrected chi connectivity index (χ2v) is 5.28. The minimum atomic E-state index is -0.262. The first-order valence-corrected chi connectivity index (χ1v) is 7.14. The number of halogens is 1. The van der Waals surface area contributed by atoms with Crippen molar-refractivity contribution in [3.8, 4) is 0 Å². The third-order valence-corrected chi connectivity index (χ3v) is 3.70. The van der Waals surface area contributed by atoms with Gasteiger partial charge in [0, 0.05) is 36.7 Å². The number of carbonyl (C=O) groups is 2. The Morgan fingerprint density at radius 2 is 2.11 bits per heavy atom. The van der Waals surface area contributed by atoms with Gasteiger partial charge in [0.15, 0.2) is 0 Å². The van der Waals surface area contributed by atoms with Crippen LogP contribution in [0.3, 0.4) is 0 Å². The van der Waals surface area contributed by atoms with Crippen LogP contribution in [0.4, 0.5) is 0 Å². The number of nitrogens with zero attached hydrogens (tertiary/aromatic N) is 2. The molecule has 2 heterocycles. The smallest absolute Gasteiger partial charge is 0.271 e. The summed E-state index contributed by atoms with van der Waals surface area (Å²) in [5, 5.41) is 2.72. The summed E-state index contributed by atoms with van der Waals surface area (Å²) in [6.45, 7) is 2.04. The Balaban J connectivity index is 1.78.